The highest BCUT2D eigenvalue weighted by Crippen LogP contribution is 2.46. The van der Waals surface area contributed by atoms with Crippen LogP contribution in [0, 0.1) is 0 Å². The van der Waals surface area contributed by atoms with E-state index in [0.717, 1.165) is 42.6 Å². The van der Waals surface area contributed by atoms with Crippen molar-refractivity contribution in [1.82, 2.24) is 14.7 Å². The number of rotatable bonds is 5. The van der Waals surface area contributed by atoms with Gasteiger partial charge in [-0.05, 0) is 44.9 Å². The lowest BCUT2D eigenvalue weighted by Gasteiger charge is -2.38. The Morgan fingerprint density at radius 2 is 1.91 bits per heavy atom. The number of carbonyl (C=O) groups is 2. The molecule has 1 aromatic rings. The smallest absolute Gasteiger partial charge is 0.338 e. The molecule has 0 unspecified atom stereocenters. The zero-order valence-electron chi connectivity index (χ0n) is 19.4. The van der Waals surface area contributed by atoms with Crippen molar-refractivity contribution in [3.05, 3.63) is 57.2 Å². The number of hydrogen-bond acceptors (Lipinski definition) is 7. The van der Waals surface area contributed by atoms with Crippen LogP contribution in [0.2, 0.25) is 5.02 Å². The molecule has 0 bridgehead atoms. The first-order valence-corrected chi connectivity index (χ1v) is 12.4. The van der Waals surface area contributed by atoms with Crippen LogP contribution in [0.15, 0.2) is 51.6 Å². The summed E-state index contributed by atoms with van der Waals surface area (Å²) in [6.45, 7) is 8.63. The number of aliphatic imine (C=N–C) groups is 1. The zero-order chi connectivity index (χ0) is 23.7. The van der Waals surface area contributed by atoms with E-state index in [9.17, 15) is 9.59 Å². The van der Waals surface area contributed by atoms with Gasteiger partial charge in [-0.2, -0.15) is 0 Å². The minimum absolute atomic E-state index is 0.0756. The molecule has 3 aliphatic rings. The lowest BCUT2D eigenvalue weighted by molar-refractivity contribution is -0.143. The molecular weight excluding hydrogens is 460 g/mol. The van der Waals surface area contributed by atoms with Gasteiger partial charge in [-0.1, -0.05) is 41.6 Å². The molecular formula is C24H29ClN4O3S. The van der Waals surface area contributed by atoms with Crippen molar-refractivity contribution in [2.45, 2.75) is 39.3 Å². The van der Waals surface area contributed by atoms with Crippen molar-refractivity contribution in [2.24, 2.45) is 4.99 Å². The molecule has 3 aliphatic heterocycles. The fourth-order valence-corrected chi connectivity index (χ4v) is 5.43. The molecule has 0 aromatic heterocycles. The molecule has 0 N–H and O–H groups in total. The topological polar surface area (TPSA) is 65.5 Å². The Morgan fingerprint density at radius 3 is 2.58 bits per heavy atom. The monoisotopic (exact) mass is 488 g/mol. The number of benzene rings is 1. The summed E-state index contributed by atoms with van der Waals surface area (Å²) in [5.41, 5.74) is 2.64. The van der Waals surface area contributed by atoms with Gasteiger partial charge in [-0.3, -0.25) is 4.79 Å². The number of amidine groups is 1. The van der Waals surface area contributed by atoms with Gasteiger partial charge in [-0.25, -0.2) is 9.79 Å². The van der Waals surface area contributed by atoms with Gasteiger partial charge in [0.05, 0.1) is 29.8 Å². The Balaban J connectivity index is 1.68. The fraction of sp³-hybridized carbons (Fsp3) is 0.458. The van der Waals surface area contributed by atoms with Crippen LogP contribution in [0.3, 0.4) is 0 Å². The number of halogens is 1. The third kappa shape index (κ3) is 4.98. The third-order valence-corrected chi connectivity index (χ3v) is 7.18. The first-order valence-electron chi connectivity index (χ1n) is 11.1. The molecule has 1 amide bonds. The molecule has 4 rings (SSSR count). The summed E-state index contributed by atoms with van der Waals surface area (Å²) in [5, 5.41) is 3.24. The van der Waals surface area contributed by atoms with E-state index in [2.05, 4.69) is 11.9 Å². The van der Waals surface area contributed by atoms with Gasteiger partial charge in [0.2, 0.25) is 5.91 Å². The first-order chi connectivity index (χ1) is 15.8. The standard InChI is InChI=1S/C24H29ClN4O3S/c1-15(2)32-23(31)21-16(3)26-24-29(22(21)18-7-5-6-8-19(18)25)17(14-33-24)13-20(30)28-11-9-27(4)10-12-28/h5-8,14-15,22H,9-13H2,1-4H3/t22-/m1/s1. The predicted molar refractivity (Wildman–Crippen MR) is 132 cm³/mol. The molecule has 0 saturated carbocycles. The number of allylic oxidation sites excluding steroid dienone is 1. The molecule has 1 saturated heterocycles. The molecule has 0 radical (unpaired) electrons. The maximum Gasteiger partial charge on any atom is 0.338 e. The summed E-state index contributed by atoms with van der Waals surface area (Å²) < 4.78 is 5.58. The van der Waals surface area contributed by atoms with E-state index in [4.69, 9.17) is 21.3 Å². The van der Waals surface area contributed by atoms with Crippen molar-refractivity contribution in [1.29, 1.82) is 0 Å². The molecule has 176 valence electrons. The second kappa shape index (κ2) is 9.91. The SMILES string of the molecule is CC1=C(C(=O)OC(C)C)[C@@H](c2ccccc2Cl)N2C(CC(=O)N3CCN(C)CC3)=CSC2=N1. The Morgan fingerprint density at radius 1 is 1.21 bits per heavy atom. The second-order valence-corrected chi connectivity index (χ2v) is 9.97. The number of hydrogen-bond donors (Lipinski definition) is 0. The summed E-state index contributed by atoms with van der Waals surface area (Å²) in [4.78, 5) is 37.1. The summed E-state index contributed by atoms with van der Waals surface area (Å²) >= 11 is 8.08. The van der Waals surface area contributed by atoms with Crippen LogP contribution in [0.1, 0.15) is 38.8 Å². The molecule has 9 heteroatoms. The predicted octanol–water partition coefficient (Wildman–Crippen LogP) is 4.03. The van der Waals surface area contributed by atoms with Gasteiger partial charge < -0.3 is 19.4 Å². The van der Waals surface area contributed by atoms with Crippen molar-refractivity contribution in [2.75, 3.05) is 33.2 Å². The van der Waals surface area contributed by atoms with Gasteiger partial charge in [0, 0.05) is 36.9 Å². The molecule has 0 spiro atoms. The molecule has 1 atom stereocenters. The number of esters is 1. The van der Waals surface area contributed by atoms with E-state index in [1.165, 1.54) is 11.8 Å². The normalized spacial score (nSPS) is 21.2. The van der Waals surface area contributed by atoms with Crippen LogP contribution >= 0.6 is 23.4 Å². The Hall–Kier alpha value is -2.29. The number of amides is 1. The number of carbonyl (C=O) groups excluding carboxylic acids is 2. The second-order valence-electron chi connectivity index (χ2n) is 8.73. The minimum Gasteiger partial charge on any atom is -0.459 e. The average Bonchev–Trinajstić information content (AvgIpc) is 3.15. The minimum atomic E-state index is -0.515. The van der Waals surface area contributed by atoms with Crippen molar-refractivity contribution in [3.63, 3.8) is 0 Å². The highest BCUT2D eigenvalue weighted by molar-refractivity contribution is 8.16. The fourth-order valence-electron chi connectivity index (χ4n) is 4.22. The highest BCUT2D eigenvalue weighted by atomic mass is 35.5. The van der Waals surface area contributed by atoms with Crippen LogP contribution in [-0.2, 0) is 14.3 Å². The number of likely N-dealkylation sites (N-methyl/N-ethyl adjacent to an activating group) is 1. The van der Waals surface area contributed by atoms with Gasteiger partial charge in [0.25, 0.3) is 0 Å². The quantitative estimate of drug-likeness (QED) is 0.583. The van der Waals surface area contributed by atoms with Crippen LogP contribution in [0.25, 0.3) is 0 Å². The Bertz CT molecular complexity index is 1040. The number of fused-ring (bicyclic) bond motifs is 1. The average molecular weight is 489 g/mol. The lowest BCUT2D eigenvalue weighted by Crippen LogP contribution is -2.47. The van der Waals surface area contributed by atoms with E-state index in [0.29, 0.717) is 16.3 Å². The molecule has 3 heterocycles. The Labute approximate surface area is 204 Å². The molecule has 33 heavy (non-hydrogen) atoms. The number of piperazine rings is 1. The number of nitrogens with zero attached hydrogens (tertiary/aromatic N) is 4. The van der Waals surface area contributed by atoms with E-state index >= 15 is 0 Å². The maximum atomic E-state index is 13.2. The Kier molecular flexibility index (Phi) is 7.16. The largest absolute Gasteiger partial charge is 0.459 e. The van der Waals surface area contributed by atoms with Crippen molar-refractivity contribution in [3.8, 4) is 0 Å². The first kappa shape index (κ1) is 23.9. The van der Waals surface area contributed by atoms with Crippen LogP contribution in [0.4, 0.5) is 0 Å². The van der Waals surface area contributed by atoms with E-state index in [-0.39, 0.29) is 18.4 Å². The number of ether oxygens (including phenoxy) is 1. The molecule has 7 nitrogen and oxygen atoms in total. The van der Waals surface area contributed by atoms with Gasteiger partial charge in [0.1, 0.15) is 0 Å². The number of thioether (sulfide) groups is 1. The van der Waals surface area contributed by atoms with Gasteiger partial charge in [-0.15, -0.1) is 0 Å². The van der Waals surface area contributed by atoms with E-state index < -0.39 is 12.0 Å². The van der Waals surface area contributed by atoms with Crippen molar-refractivity contribution < 1.29 is 14.3 Å². The van der Waals surface area contributed by atoms with E-state index in [1.54, 1.807) is 0 Å². The summed E-state index contributed by atoms with van der Waals surface area (Å²) in [6, 6.07) is 6.97. The summed E-state index contributed by atoms with van der Waals surface area (Å²) in [7, 11) is 2.06. The van der Waals surface area contributed by atoms with Gasteiger partial charge >= 0.3 is 5.97 Å². The van der Waals surface area contributed by atoms with Crippen LogP contribution in [-0.4, -0.2) is 71.1 Å². The highest BCUT2D eigenvalue weighted by Gasteiger charge is 2.42. The van der Waals surface area contributed by atoms with Crippen molar-refractivity contribution >= 4 is 40.4 Å². The summed E-state index contributed by atoms with van der Waals surface area (Å²) in [5.74, 6) is -0.344. The van der Waals surface area contributed by atoms with E-state index in [1.807, 2.05) is 60.2 Å². The molecule has 1 fully saturated rings. The lowest BCUT2D eigenvalue weighted by atomic mass is 9.93. The van der Waals surface area contributed by atoms with Gasteiger partial charge in [0.15, 0.2) is 5.17 Å². The molecule has 0 aliphatic carbocycles. The third-order valence-electron chi connectivity index (χ3n) is 5.95. The maximum absolute atomic E-state index is 13.2. The van der Waals surface area contributed by atoms with Crippen LogP contribution in [0.5, 0.6) is 0 Å². The summed E-state index contributed by atoms with van der Waals surface area (Å²) in [6.07, 6.45) is -0.0285. The molecule has 1 aromatic carbocycles. The zero-order valence-corrected chi connectivity index (χ0v) is 20.9. The van der Waals surface area contributed by atoms with Crippen LogP contribution < -0.4 is 0 Å².